The summed E-state index contributed by atoms with van der Waals surface area (Å²) in [4.78, 5) is 0. The zero-order chi connectivity index (χ0) is 16.0. The minimum atomic E-state index is -0.535. The molecule has 1 aromatic rings. The summed E-state index contributed by atoms with van der Waals surface area (Å²) >= 11 is 0. The predicted octanol–water partition coefficient (Wildman–Crippen LogP) is 5.96. The van der Waals surface area contributed by atoms with Gasteiger partial charge in [0.1, 0.15) is 5.92 Å². The maximum atomic E-state index is 9.21. The predicted molar refractivity (Wildman–Crippen MR) is 91.1 cm³/mol. The molecule has 0 aliphatic heterocycles. The quantitative estimate of drug-likeness (QED) is 0.473. The molecule has 1 rings (SSSR count). The third-order valence-corrected chi connectivity index (χ3v) is 4.28. The van der Waals surface area contributed by atoms with E-state index in [0.717, 1.165) is 18.4 Å². The average Bonchev–Trinajstić information content (AvgIpc) is 2.57. The van der Waals surface area contributed by atoms with E-state index in [1.54, 1.807) is 0 Å². The van der Waals surface area contributed by atoms with Crippen LogP contribution in [0, 0.1) is 28.6 Å². The van der Waals surface area contributed by atoms with Crippen molar-refractivity contribution in [3.63, 3.8) is 0 Å². The van der Waals surface area contributed by atoms with E-state index in [1.807, 2.05) is 30.3 Å². The number of nitriles is 2. The van der Waals surface area contributed by atoms with Crippen LogP contribution in [-0.4, -0.2) is 0 Å². The Labute approximate surface area is 135 Å². The van der Waals surface area contributed by atoms with Crippen molar-refractivity contribution < 1.29 is 0 Å². The molecule has 0 bridgehead atoms. The van der Waals surface area contributed by atoms with Crippen LogP contribution in [0.3, 0.4) is 0 Å². The molecule has 1 atom stereocenters. The summed E-state index contributed by atoms with van der Waals surface area (Å²) in [6, 6.07) is 14.4. The lowest BCUT2D eigenvalue weighted by Gasteiger charge is -2.17. The Morgan fingerprint density at radius 1 is 0.818 bits per heavy atom. The molecule has 0 saturated heterocycles. The topological polar surface area (TPSA) is 47.6 Å². The molecular weight excluding hydrogens is 268 g/mol. The van der Waals surface area contributed by atoms with Crippen molar-refractivity contribution in [2.24, 2.45) is 5.92 Å². The maximum Gasteiger partial charge on any atom is 0.140 e. The summed E-state index contributed by atoms with van der Waals surface area (Å²) in [6.45, 7) is 2.24. The van der Waals surface area contributed by atoms with Gasteiger partial charge in [0.15, 0.2) is 0 Å². The van der Waals surface area contributed by atoms with Gasteiger partial charge in [-0.1, -0.05) is 88.6 Å². The first kappa shape index (κ1) is 18.2. The maximum absolute atomic E-state index is 9.21. The Morgan fingerprint density at radius 2 is 1.36 bits per heavy atom. The Morgan fingerprint density at radius 3 is 1.91 bits per heavy atom. The summed E-state index contributed by atoms with van der Waals surface area (Å²) in [5, 5.41) is 18.4. The van der Waals surface area contributed by atoms with Crippen LogP contribution in [0.5, 0.6) is 0 Å². The Balaban J connectivity index is 2.37. The van der Waals surface area contributed by atoms with Crippen molar-refractivity contribution in [1.29, 1.82) is 10.5 Å². The standard InChI is InChI=1S/C20H28N2/c1-2-3-4-5-6-7-8-12-15-20(19(16-21)17-22)18-13-10-9-11-14-18/h9-11,13-14,19-20H,2-8,12,15H2,1H3. The summed E-state index contributed by atoms with van der Waals surface area (Å²) in [6.07, 6.45) is 11.2. The molecule has 118 valence electrons. The van der Waals surface area contributed by atoms with Crippen LogP contribution >= 0.6 is 0 Å². The lowest BCUT2D eigenvalue weighted by atomic mass is 9.83. The van der Waals surface area contributed by atoms with Gasteiger partial charge >= 0.3 is 0 Å². The van der Waals surface area contributed by atoms with Crippen molar-refractivity contribution in [3.05, 3.63) is 35.9 Å². The first-order valence-corrected chi connectivity index (χ1v) is 8.67. The van der Waals surface area contributed by atoms with Gasteiger partial charge in [0, 0.05) is 5.92 Å². The van der Waals surface area contributed by atoms with Gasteiger partial charge in [0.25, 0.3) is 0 Å². The van der Waals surface area contributed by atoms with Crippen molar-refractivity contribution in [2.45, 2.75) is 70.6 Å². The number of nitrogens with zero attached hydrogens (tertiary/aromatic N) is 2. The Hall–Kier alpha value is -1.80. The van der Waals surface area contributed by atoms with Crippen LogP contribution in [0.4, 0.5) is 0 Å². The van der Waals surface area contributed by atoms with E-state index in [2.05, 4.69) is 19.1 Å². The first-order chi connectivity index (χ1) is 10.8. The summed E-state index contributed by atoms with van der Waals surface area (Å²) in [5.74, 6) is -0.483. The molecule has 2 nitrogen and oxygen atoms in total. The Bertz CT molecular complexity index is 453. The smallest absolute Gasteiger partial charge is 0.140 e. The van der Waals surface area contributed by atoms with Gasteiger partial charge in [0.05, 0.1) is 12.1 Å². The van der Waals surface area contributed by atoms with Gasteiger partial charge < -0.3 is 0 Å². The molecule has 1 unspecified atom stereocenters. The molecule has 0 aliphatic carbocycles. The van der Waals surface area contributed by atoms with Crippen molar-refractivity contribution in [2.75, 3.05) is 0 Å². The van der Waals surface area contributed by atoms with Crippen LogP contribution in [0.15, 0.2) is 30.3 Å². The highest BCUT2D eigenvalue weighted by Gasteiger charge is 2.22. The molecule has 1 aromatic carbocycles. The van der Waals surface area contributed by atoms with Crippen LogP contribution < -0.4 is 0 Å². The van der Waals surface area contributed by atoms with Gasteiger partial charge in [0.2, 0.25) is 0 Å². The zero-order valence-electron chi connectivity index (χ0n) is 13.8. The molecule has 0 aromatic heterocycles. The van der Waals surface area contributed by atoms with Gasteiger partial charge in [-0.15, -0.1) is 0 Å². The van der Waals surface area contributed by atoms with Crippen molar-refractivity contribution in [1.82, 2.24) is 0 Å². The molecule has 0 radical (unpaired) electrons. The van der Waals surface area contributed by atoms with Crippen LogP contribution in [0.25, 0.3) is 0 Å². The van der Waals surface area contributed by atoms with Crippen LogP contribution in [-0.2, 0) is 0 Å². The van der Waals surface area contributed by atoms with Crippen LogP contribution in [0.1, 0.15) is 76.2 Å². The van der Waals surface area contributed by atoms with E-state index in [0.29, 0.717) is 0 Å². The molecule has 0 aliphatic rings. The summed E-state index contributed by atoms with van der Waals surface area (Å²) in [7, 11) is 0. The molecule has 2 heteroatoms. The number of rotatable bonds is 11. The van der Waals surface area contributed by atoms with Crippen LogP contribution in [0.2, 0.25) is 0 Å². The molecule has 0 N–H and O–H groups in total. The van der Waals surface area contributed by atoms with E-state index < -0.39 is 5.92 Å². The monoisotopic (exact) mass is 296 g/mol. The fourth-order valence-corrected chi connectivity index (χ4v) is 2.93. The van der Waals surface area contributed by atoms with Gasteiger partial charge in [-0.25, -0.2) is 0 Å². The third kappa shape index (κ3) is 6.77. The lowest BCUT2D eigenvalue weighted by molar-refractivity contribution is 0.502. The highest BCUT2D eigenvalue weighted by atomic mass is 14.4. The highest BCUT2D eigenvalue weighted by Crippen LogP contribution is 2.29. The van der Waals surface area contributed by atoms with E-state index in [1.165, 1.54) is 44.9 Å². The second-order valence-corrected chi connectivity index (χ2v) is 6.02. The second kappa shape index (κ2) is 11.8. The van der Waals surface area contributed by atoms with E-state index in [9.17, 15) is 10.5 Å². The molecule has 0 amide bonds. The van der Waals surface area contributed by atoms with E-state index in [-0.39, 0.29) is 5.92 Å². The number of hydrogen-bond donors (Lipinski definition) is 0. The normalized spacial score (nSPS) is 11.8. The van der Waals surface area contributed by atoms with E-state index in [4.69, 9.17) is 0 Å². The minimum Gasteiger partial charge on any atom is -0.197 e. The minimum absolute atomic E-state index is 0.0521. The fraction of sp³-hybridized carbons (Fsp3) is 0.600. The average molecular weight is 296 g/mol. The largest absolute Gasteiger partial charge is 0.197 e. The molecule has 0 spiro atoms. The lowest BCUT2D eigenvalue weighted by Crippen LogP contribution is -2.09. The second-order valence-electron chi connectivity index (χ2n) is 6.02. The van der Waals surface area contributed by atoms with E-state index >= 15 is 0 Å². The molecule has 0 saturated carbocycles. The summed E-state index contributed by atoms with van der Waals surface area (Å²) in [5.41, 5.74) is 1.12. The SMILES string of the molecule is CCCCCCCCCCC(c1ccccc1)C(C#N)C#N. The van der Waals surface area contributed by atoms with Crippen molar-refractivity contribution >= 4 is 0 Å². The molecule has 22 heavy (non-hydrogen) atoms. The first-order valence-electron chi connectivity index (χ1n) is 8.67. The van der Waals surface area contributed by atoms with Crippen molar-refractivity contribution in [3.8, 4) is 12.1 Å². The number of benzene rings is 1. The number of unbranched alkanes of at least 4 members (excludes halogenated alkanes) is 7. The molecule has 0 fully saturated rings. The third-order valence-electron chi connectivity index (χ3n) is 4.28. The highest BCUT2D eigenvalue weighted by molar-refractivity contribution is 5.24. The fourth-order valence-electron chi connectivity index (χ4n) is 2.93. The summed E-state index contributed by atoms with van der Waals surface area (Å²) < 4.78 is 0. The Kier molecular flexibility index (Phi) is 9.80. The van der Waals surface area contributed by atoms with Gasteiger partial charge in [-0.3, -0.25) is 0 Å². The number of hydrogen-bond acceptors (Lipinski definition) is 2. The van der Waals surface area contributed by atoms with Gasteiger partial charge in [-0.2, -0.15) is 10.5 Å². The zero-order valence-corrected chi connectivity index (χ0v) is 13.8. The van der Waals surface area contributed by atoms with Gasteiger partial charge in [-0.05, 0) is 12.0 Å². The molecule has 0 heterocycles. The molecular formula is C20H28N2.